The van der Waals surface area contributed by atoms with Crippen molar-refractivity contribution in [3.05, 3.63) is 53.9 Å². The Morgan fingerprint density at radius 2 is 2.00 bits per heavy atom. The Labute approximate surface area is 166 Å². The molecule has 0 radical (unpaired) electrons. The van der Waals surface area contributed by atoms with Crippen molar-refractivity contribution >= 4 is 16.7 Å². The summed E-state index contributed by atoms with van der Waals surface area (Å²) in [6.45, 7) is 5.93. The molecule has 0 aliphatic carbocycles. The van der Waals surface area contributed by atoms with Crippen LogP contribution in [0.1, 0.15) is 38.1 Å². The van der Waals surface area contributed by atoms with Crippen LogP contribution in [0, 0.1) is 17.2 Å². The molecule has 0 amide bonds. The quantitative estimate of drug-likeness (QED) is 0.704. The maximum absolute atomic E-state index is 9.51. The van der Waals surface area contributed by atoms with E-state index in [9.17, 15) is 5.26 Å². The SMILES string of the molecule is CC(C)Oc1ccc(C#N)c(N2CCC(Cc3nc4ccccc4[nH]3)CC2)c1. The van der Waals surface area contributed by atoms with E-state index < -0.39 is 0 Å². The number of ether oxygens (including phenoxy) is 1. The van der Waals surface area contributed by atoms with E-state index in [2.05, 4.69) is 22.0 Å². The predicted molar refractivity (Wildman–Crippen MR) is 112 cm³/mol. The van der Waals surface area contributed by atoms with Crippen LogP contribution in [-0.2, 0) is 6.42 Å². The van der Waals surface area contributed by atoms with E-state index in [1.54, 1.807) is 0 Å². The van der Waals surface area contributed by atoms with Crippen molar-refractivity contribution in [3.63, 3.8) is 0 Å². The summed E-state index contributed by atoms with van der Waals surface area (Å²) in [5, 5.41) is 9.51. The van der Waals surface area contributed by atoms with E-state index in [1.165, 1.54) is 0 Å². The van der Waals surface area contributed by atoms with Crippen LogP contribution in [0.15, 0.2) is 42.5 Å². The summed E-state index contributed by atoms with van der Waals surface area (Å²) in [4.78, 5) is 10.5. The standard InChI is InChI=1S/C23H26N4O/c1-16(2)28-19-8-7-18(15-24)22(14-19)27-11-9-17(10-12-27)13-23-25-20-5-3-4-6-21(20)26-23/h3-8,14,16-17H,9-13H2,1-2H3,(H,25,26). The fraction of sp³-hybridized carbons (Fsp3) is 0.391. The molecule has 1 fully saturated rings. The van der Waals surface area contributed by atoms with E-state index in [0.29, 0.717) is 11.5 Å². The molecule has 0 atom stereocenters. The molecule has 2 heterocycles. The number of para-hydroxylation sites is 2. The Hall–Kier alpha value is -3.00. The first-order valence-corrected chi connectivity index (χ1v) is 10.0. The molecule has 1 aliphatic heterocycles. The van der Waals surface area contributed by atoms with E-state index in [4.69, 9.17) is 9.72 Å². The minimum Gasteiger partial charge on any atom is -0.491 e. The van der Waals surface area contributed by atoms with Gasteiger partial charge in [-0.1, -0.05) is 12.1 Å². The van der Waals surface area contributed by atoms with Crippen LogP contribution >= 0.6 is 0 Å². The summed E-state index contributed by atoms with van der Waals surface area (Å²) in [5.41, 5.74) is 3.85. The molecule has 4 rings (SSSR count). The zero-order chi connectivity index (χ0) is 19.5. The highest BCUT2D eigenvalue weighted by molar-refractivity contribution is 5.74. The highest BCUT2D eigenvalue weighted by Gasteiger charge is 2.23. The van der Waals surface area contributed by atoms with Crippen molar-refractivity contribution in [3.8, 4) is 11.8 Å². The average Bonchev–Trinajstić information content (AvgIpc) is 3.10. The second kappa shape index (κ2) is 7.93. The largest absolute Gasteiger partial charge is 0.491 e. The monoisotopic (exact) mass is 374 g/mol. The second-order valence-electron chi connectivity index (χ2n) is 7.79. The Balaban J connectivity index is 1.43. The fourth-order valence-corrected chi connectivity index (χ4v) is 3.97. The Morgan fingerprint density at radius 3 is 2.71 bits per heavy atom. The third-order valence-corrected chi connectivity index (χ3v) is 5.34. The van der Waals surface area contributed by atoms with Crippen molar-refractivity contribution < 1.29 is 4.74 Å². The number of anilines is 1. The van der Waals surface area contributed by atoms with Gasteiger partial charge >= 0.3 is 0 Å². The highest BCUT2D eigenvalue weighted by atomic mass is 16.5. The number of hydrogen-bond donors (Lipinski definition) is 1. The molecular weight excluding hydrogens is 348 g/mol. The molecule has 144 valence electrons. The number of H-pyrrole nitrogens is 1. The second-order valence-corrected chi connectivity index (χ2v) is 7.79. The molecular formula is C23H26N4O. The molecule has 3 aromatic rings. The first kappa shape index (κ1) is 18.4. The number of aromatic amines is 1. The van der Waals surface area contributed by atoms with Crippen molar-refractivity contribution in [1.29, 1.82) is 5.26 Å². The minimum absolute atomic E-state index is 0.121. The summed E-state index contributed by atoms with van der Waals surface area (Å²) < 4.78 is 5.83. The van der Waals surface area contributed by atoms with Gasteiger partial charge in [-0.2, -0.15) is 5.26 Å². The van der Waals surface area contributed by atoms with Crippen molar-refractivity contribution in [2.45, 2.75) is 39.2 Å². The van der Waals surface area contributed by atoms with Crippen LogP contribution < -0.4 is 9.64 Å². The summed E-state index contributed by atoms with van der Waals surface area (Å²) in [7, 11) is 0. The maximum Gasteiger partial charge on any atom is 0.121 e. The van der Waals surface area contributed by atoms with Crippen LogP contribution in [-0.4, -0.2) is 29.2 Å². The predicted octanol–water partition coefficient (Wildman–Crippen LogP) is 4.68. The van der Waals surface area contributed by atoms with Crippen LogP contribution in [0.25, 0.3) is 11.0 Å². The topological polar surface area (TPSA) is 64.9 Å². The van der Waals surface area contributed by atoms with Crippen LogP contribution in [0.4, 0.5) is 5.69 Å². The van der Waals surface area contributed by atoms with Gasteiger partial charge in [-0.05, 0) is 56.9 Å². The van der Waals surface area contributed by atoms with Gasteiger partial charge in [0.2, 0.25) is 0 Å². The number of aromatic nitrogens is 2. The molecule has 1 aliphatic rings. The van der Waals surface area contributed by atoms with Gasteiger partial charge in [0.15, 0.2) is 0 Å². The number of nitrogens with one attached hydrogen (secondary N) is 1. The molecule has 1 N–H and O–H groups in total. The van der Waals surface area contributed by atoms with Gasteiger partial charge in [0.25, 0.3) is 0 Å². The Bertz CT molecular complexity index is 960. The summed E-state index contributed by atoms with van der Waals surface area (Å²) in [6, 6.07) is 16.3. The van der Waals surface area contributed by atoms with Gasteiger partial charge in [0, 0.05) is 25.6 Å². The number of piperidine rings is 1. The van der Waals surface area contributed by atoms with Crippen molar-refractivity contribution in [1.82, 2.24) is 9.97 Å². The normalized spacial score (nSPS) is 15.1. The molecule has 5 nitrogen and oxygen atoms in total. The Kier molecular flexibility index (Phi) is 5.21. The lowest BCUT2D eigenvalue weighted by Gasteiger charge is -2.34. The number of rotatable bonds is 5. The molecule has 0 spiro atoms. The number of fused-ring (bicyclic) bond motifs is 1. The van der Waals surface area contributed by atoms with Gasteiger partial charge < -0.3 is 14.6 Å². The third kappa shape index (κ3) is 3.96. The minimum atomic E-state index is 0.121. The van der Waals surface area contributed by atoms with E-state index in [0.717, 1.165) is 60.6 Å². The number of nitrogens with zero attached hydrogens (tertiary/aromatic N) is 3. The Morgan fingerprint density at radius 1 is 1.21 bits per heavy atom. The van der Waals surface area contributed by atoms with Crippen molar-refractivity contribution in [2.75, 3.05) is 18.0 Å². The van der Waals surface area contributed by atoms with Crippen LogP contribution in [0.2, 0.25) is 0 Å². The lowest BCUT2D eigenvalue weighted by molar-refractivity contribution is 0.242. The smallest absolute Gasteiger partial charge is 0.121 e. The lowest BCUT2D eigenvalue weighted by Crippen LogP contribution is -2.35. The lowest BCUT2D eigenvalue weighted by atomic mass is 9.92. The number of imidazole rings is 1. The number of benzene rings is 2. The third-order valence-electron chi connectivity index (χ3n) is 5.34. The zero-order valence-electron chi connectivity index (χ0n) is 16.5. The molecule has 28 heavy (non-hydrogen) atoms. The molecule has 0 unspecified atom stereocenters. The number of nitriles is 1. The molecule has 2 aromatic carbocycles. The van der Waals surface area contributed by atoms with E-state index >= 15 is 0 Å². The molecule has 0 saturated carbocycles. The summed E-state index contributed by atoms with van der Waals surface area (Å²) in [6.07, 6.45) is 3.29. The van der Waals surface area contributed by atoms with Gasteiger partial charge in [-0.25, -0.2) is 4.98 Å². The molecule has 1 aromatic heterocycles. The van der Waals surface area contributed by atoms with Gasteiger partial charge in [-0.15, -0.1) is 0 Å². The van der Waals surface area contributed by atoms with Gasteiger partial charge in [-0.3, -0.25) is 0 Å². The van der Waals surface area contributed by atoms with Crippen LogP contribution in [0.5, 0.6) is 5.75 Å². The molecule has 5 heteroatoms. The fourth-order valence-electron chi connectivity index (χ4n) is 3.97. The summed E-state index contributed by atoms with van der Waals surface area (Å²) in [5.74, 6) is 2.51. The first-order valence-electron chi connectivity index (χ1n) is 10.0. The van der Waals surface area contributed by atoms with Crippen molar-refractivity contribution in [2.24, 2.45) is 5.92 Å². The first-order chi connectivity index (χ1) is 13.6. The zero-order valence-corrected chi connectivity index (χ0v) is 16.5. The average molecular weight is 374 g/mol. The number of hydrogen-bond acceptors (Lipinski definition) is 4. The van der Waals surface area contributed by atoms with Gasteiger partial charge in [0.1, 0.15) is 17.6 Å². The molecule has 1 saturated heterocycles. The summed E-state index contributed by atoms with van der Waals surface area (Å²) >= 11 is 0. The maximum atomic E-state index is 9.51. The van der Waals surface area contributed by atoms with E-state index in [1.807, 2.05) is 50.2 Å². The van der Waals surface area contributed by atoms with Gasteiger partial charge in [0.05, 0.1) is 28.4 Å². The van der Waals surface area contributed by atoms with E-state index in [-0.39, 0.29) is 6.10 Å². The molecule has 0 bridgehead atoms. The van der Waals surface area contributed by atoms with Crippen LogP contribution in [0.3, 0.4) is 0 Å². The highest BCUT2D eigenvalue weighted by Crippen LogP contribution is 2.31.